The van der Waals surface area contributed by atoms with Gasteiger partial charge in [0.05, 0.1) is 11.4 Å². The number of aromatic carboxylic acids is 1. The van der Waals surface area contributed by atoms with E-state index in [-0.39, 0.29) is 47.3 Å². The van der Waals surface area contributed by atoms with Crippen molar-refractivity contribution in [2.24, 2.45) is 11.1 Å². The molecule has 1 unspecified atom stereocenters. The molecular formula is C29H30F5N4O4S2+. The quantitative estimate of drug-likeness (QED) is 0.0928. The van der Waals surface area contributed by atoms with Gasteiger partial charge in [-0.1, -0.05) is 6.07 Å². The van der Waals surface area contributed by atoms with Crippen LogP contribution in [-0.4, -0.2) is 42.0 Å². The van der Waals surface area contributed by atoms with Gasteiger partial charge < -0.3 is 10.6 Å². The number of hydrogen-bond acceptors (Lipinski definition) is 6. The minimum absolute atomic E-state index is 0. The standard InChI is InChI=1S/C29H27F5N4O3S2.H2O/c30-21-8-7-19(14-18(21)3-1-2-10-29(32,33)34)26-20(11-17-6-9-25(43(35)41)22(31)12-17)24(13-16-4-5-16)38(37-26)28-36-23(15-42-28)27(39)40;/h6-9,12,14-16,41H,1-5,10-11,13,35H2;1H2/p+1. The number of unbranched alkanes of at least 4 members (excludes halogenated alkanes) is 1. The summed E-state index contributed by atoms with van der Waals surface area (Å²) in [6.07, 6.45) is -2.33. The molecular weight excluding hydrogens is 627 g/mol. The topological polar surface area (TPSA) is 146 Å². The van der Waals surface area contributed by atoms with E-state index in [4.69, 9.17) is 10.2 Å². The fourth-order valence-electron chi connectivity index (χ4n) is 4.91. The van der Waals surface area contributed by atoms with Gasteiger partial charge in [-0.15, -0.1) is 16.5 Å². The first kappa shape index (κ1) is 33.5. The van der Waals surface area contributed by atoms with Crippen LogP contribution in [0.15, 0.2) is 46.7 Å². The van der Waals surface area contributed by atoms with Crippen LogP contribution in [0, 0.1) is 17.6 Å². The van der Waals surface area contributed by atoms with Crippen molar-refractivity contribution >= 4 is 28.7 Å². The van der Waals surface area contributed by atoms with Gasteiger partial charge in [0.25, 0.3) is 11.4 Å². The number of aromatic nitrogens is 3. The fourth-order valence-corrected chi connectivity index (χ4v) is 6.15. The van der Waals surface area contributed by atoms with Gasteiger partial charge in [-0.25, -0.2) is 23.2 Å². The summed E-state index contributed by atoms with van der Waals surface area (Å²) in [6.45, 7) is 0. The van der Waals surface area contributed by atoms with Crippen molar-refractivity contribution in [2.45, 2.75) is 62.4 Å². The SMILES string of the molecule is N[S+](O)c1ccc(Cc2c(-c3ccc(F)c(CCCCC(F)(F)F)c3)nn(-c3nc(C(=O)O)cs3)c2CC2CC2)cc1F.O. The summed E-state index contributed by atoms with van der Waals surface area (Å²) in [5.41, 5.74) is 3.09. The largest absolute Gasteiger partial charge is 0.476 e. The average molecular weight is 658 g/mol. The predicted molar refractivity (Wildman–Crippen MR) is 157 cm³/mol. The molecule has 1 atom stereocenters. The minimum Gasteiger partial charge on any atom is -0.476 e. The number of aryl methyl sites for hydroxylation is 1. The molecule has 2 aromatic carbocycles. The van der Waals surface area contributed by atoms with Gasteiger partial charge in [-0.05, 0) is 79.8 Å². The van der Waals surface area contributed by atoms with Crippen LogP contribution in [0.2, 0.25) is 0 Å². The molecule has 0 bridgehead atoms. The number of nitrogens with two attached hydrogens (primary N) is 1. The fraction of sp³-hybridized carbons (Fsp3) is 0.345. The number of carbonyl (C=O) groups is 1. The van der Waals surface area contributed by atoms with Crippen LogP contribution in [0.1, 0.15) is 65.0 Å². The first-order valence-electron chi connectivity index (χ1n) is 13.5. The van der Waals surface area contributed by atoms with Crippen molar-refractivity contribution in [1.29, 1.82) is 0 Å². The highest BCUT2D eigenvalue weighted by Gasteiger charge is 2.30. The highest BCUT2D eigenvalue weighted by Crippen LogP contribution is 2.38. The van der Waals surface area contributed by atoms with E-state index in [0.717, 1.165) is 29.9 Å². The van der Waals surface area contributed by atoms with Crippen molar-refractivity contribution in [3.8, 4) is 16.4 Å². The number of carboxylic acids is 1. The molecule has 8 nitrogen and oxygen atoms in total. The smallest absolute Gasteiger partial charge is 0.389 e. The average Bonchev–Trinajstić information content (AvgIpc) is 3.49. The second kappa shape index (κ2) is 13.7. The minimum atomic E-state index is -4.28. The van der Waals surface area contributed by atoms with Gasteiger partial charge in [-0.2, -0.15) is 22.8 Å². The molecule has 44 heavy (non-hydrogen) atoms. The van der Waals surface area contributed by atoms with Crippen LogP contribution >= 0.6 is 11.3 Å². The molecule has 5 rings (SSSR count). The lowest BCUT2D eigenvalue weighted by Crippen LogP contribution is -2.13. The Morgan fingerprint density at radius 2 is 1.86 bits per heavy atom. The highest BCUT2D eigenvalue weighted by molar-refractivity contribution is 7.89. The zero-order chi connectivity index (χ0) is 30.9. The molecule has 0 aliphatic heterocycles. The zero-order valence-corrected chi connectivity index (χ0v) is 24.8. The number of carboxylic acid groups (broad SMARTS) is 1. The Morgan fingerprint density at radius 3 is 2.48 bits per heavy atom. The summed E-state index contributed by atoms with van der Waals surface area (Å²) in [4.78, 5) is 15.8. The lowest BCUT2D eigenvalue weighted by molar-refractivity contribution is -0.135. The van der Waals surface area contributed by atoms with Crippen LogP contribution in [0.3, 0.4) is 0 Å². The molecule has 236 valence electrons. The maximum Gasteiger partial charge on any atom is 0.389 e. The van der Waals surface area contributed by atoms with E-state index in [1.165, 1.54) is 29.6 Å². The van der Waals surface area contributed by atoms with E-state index in [9.17, 15) is 36.4 Å². The van der Waals surface area contributed by atoms with Gasteiger partial charge in [-0.3, -0.25) is 0 Å². The van der Waals surface area contributed by atoms with Crippen LogP contribution < -0.4 is 5.14 Å². The van der Waals surface area contributed by atoms with Gasteiger partial charge in [0.15, 0.2) is 11.5 Å². The van der Waals surface area contributed by atoms with Crippen LogP contribution in [0.4, 0.5) is 22.0 Å². The van der Waals surface area contributed by atoms with Crippen molar-refractivity contribution in [3.05, 3.63) is 81.5 Å². The second-order valence-corrected chi connectivity index (χ2v) is 12.4. The van der Waals surface area contributed by atoms with Crippen molar-refractivity contribution in [3.63, 3.8) is 0 Å². The molecule has 15 heteroatoms. The van der Waals surface area contributed by atoms with Crippen LogP contribution in [0.5, 0.6) is 0 Å². The molecule has 1 aliphatic rings. The molecule has 6 N–H and O–H groups in total. The summed E-state index contributed by atoms with van der Waals surface area (Å²) in [7, 11) is 0. The third-order valence-electron chi connectivity index (χ3n) is 7.24. The van der Waals surface area contributed by atoms with E-state index in [2.05, 4.69) is 4.98 Å². The van der Waals surface area contributed by atoms with E-state index in [0.29, 0.717) is 39.9 Å². The summed E-state index contributed by atoms with van der Waals surface area (Å²) >= 11 is -0.663. The molecule has 1 fully saturated rings. The lowest BCUT2D eigenvalue weighted by atomic mass is 9.95. The Balaban J connectivity index is 0.00000442. The summed E-state index contributed by atoms with van der Waals surface area (Å²) < 4.78 is 78.7. The number of nitrogens with zero attached hydrogens (tertiary/aromatic N) is 3. The number of halogens is 5. The Kier molecular flexibility index (Phi) is 10.5. The third kappa shape index (κ3) is 8.01. The molecule has 0 radical (unpaired) electrons. The molecule has 0 amide bonds. The number of thiazole rings is 1. The zero-order valence-electron chi connectivity index (χ0n) is 23.2. The first-order valence-corrected chi connectivity index (χ1v) is 15.6. The molecule has 2 aromatic heterocycles. The Labute approximate surface area is 256 Å². The highest BCUT2D eigenvalue weighted by atomic mass is 32.2. The van der Waals surface area contributed by atoms with Crippen molar-refractivity contribution in [1.82, 2.24) is 14.8 Å². The maximum atomic E-state index is 14.8. The number of rotatable bonds is 12. The normalized spacial score (nSPS) is 14.0. The van der Waals surface area contributed by atoms with E-state index in [1.807, 2.05) is 0 Å². The van der Waals surface area contributed by atoms with Gasteiger partial charge in [0, 0.05) is 35.4 Å². The predicted octanol–water partition coefficient (Wildman–Crippen LogP) is 6.29. The van der Waals surface area contributed by atoms with E-state index < -0.39 is 41.6 Å². The molecule has 2 heterocycles. The monoisotopic (exact) mass is 657 g/mol. The summed E-state index contributed by atoms with van der Waals surface area (Å²) in [5.74, 6) is -2.03. The Hall–Kier alpha value is -3.37. The van der Waals surface area contributed by atoms with Crippen molar-refractivity contribution in [2.75, 3.05) is 0 Å². The Morgan fingerprint density at radius 1 is 1.11 bits per heavy atom. The molecule has 1 saturated carbocycles. The van der Waals surface area contributed by atoms with E-state index >= 15 is 0 Å². The molecule has 0 saturated heterocycles. The van der Waals surface area contributed by atoms with E-state index in [1.54, 1.807) is 16.8 Å². The first-order chi connectivity index (χ1) is 20.4. The number of benzene rings is 2. The molecule has 4 aromatic rings. The molecule has 0 spiro atoms. The molecule has 1 aliphatic carbocycles. The summed E-state index contributed by atoms with van der Waals surface area (Å²) in [5, 5.41) is 21.5. The second-order valence-electron chi connectivity index (χ2n) is 10.5. The van der Waals surface area contributed by atoms with Crippen LogP contribution in [0.25, 0.3) is 16.4 Å². The Bertz CT molecular complexity index is 1640. The lowest BCUT2D eigenvalue weighted by Gasteiger charge is -2.10. The van der Waals surface area contributed by atoms with Gasteiger partial charge in [0.1, 0.15) is 5.82 Å². The summed E-state index contributed by atoms with van der Waals surface area (Å²) in [6, 6.07) is 8.69. The number of alkyl halides is 3. The number of hydrogen-bond donors (Lipinski definition) is 3. The third-order valence-corrected chi connectivity index (χ3v) is 8.84. The van der Waals surface area contributed by atoms with Gasteiger partial charge >= 0.3 is 12.1 Å². The van der Waals surface area contributed by atoms with Crippen molar-refractivity contribution < 1.29 is 41.9 Å². The van der Waals surface area contributed by atoms with Gasteiger partial charge in [0.2, 0.25) is 10.0 Å². The van der Waals surface area contributed by atoms with Crippen LogP contribution in [-0.2, 0) is 30.6 Å². The maximum absolute atomic E-state index is 14.8.